The number of aryl methyl sites for hydroxylation is 1. The smallest absolute Gasteiger partial charge is 0.336 e. The van der Waals surface area contributed by atoms with Gasteiger partial charge in [-0.15, -0.1) is 0 Å². The van der Waals surface area contributed by atoms with Crippen LogP contribution in [0.4, 0.5) is 17.1 Å². The predicted octanol–water partition coefficient (Wildman–Crippen LogP) is 2.56. The van der Waals surface area contributed by atoms with Gasteiger partial charge in [-0.05, 0) is 19.9 Å². The topological polar surface area (TPSA) is 110 Å². The SMILES string of the molecule is CCn1cc(Nc2cc(C(=O)O)cc([N+](=O)[O-])c2C)cn1. The quantitative estimate of drug-likeness (QED) is 0.646. The van der Waals surface area contributed by atoms with Crippen LogP contribution in [0.3, 0.4) is 0 Å². The summed E-state index contributed by atoms with van der Waals surface area (Å²) in [5.41, 5.74) is 1.00. The van der Waals surface area contributed by atoms with Gasteiger partial charge in [0.2, 0.25) is 0 Å². The molecule has 0 spiro atoms. The lowest BCUT2D eigenvalue weighted by molar-refractivity contribution is -0.385. The molecule has 8 heteroatoms. The summed E-state index contributed by atoms with van der Waals surface area (Å²) in [6.07, 6.45) is 3.31. The Balaban J connectivity index is 2.46. The summed E-state index contributed by atoms with van der Waals surface area (Å²) in [7, 11) is 0. The maximum absolute atomic E-state index is 11.1. The third-order valence-corrected chi connectivity index (χ3v) is 3.06. The van der Waals surface area contributed by atoms with Crippen molar-refractivity contribution in [2.75, 3.05) is 5.32 Å². The number of carboxylic acid groups (broad SMARTS) is 1. The maximum Gasteiger partial charge on any atom is 0.336 e. The van der Waals surface area contributed by atoms with E-state index in [4.69, 9.17) is 5.11 Å². The second kappa shape index (κ2) is 5.61. The molecular weight excluding hydrogens is 276 g/mol. The van der Waals surface area contributed by atoms with Crippen LogP contribution in [-0.4, -0.2) is 25.8 Å². The van der Waals surface area contributed by atoms with Gasteiger partial charge in [-0.2, -0.15) is 5.10 Å². The van der Waals surface area contributed by atoms with Crippen LogP contribution in [0.2, 0.25) is 0 Å². The highest BCUT2D eigenvalue weighted by Gasteiger charge is 2.19. The fourth-order valence-corrected chi connectivity index (χ4v) is 1.90. The number of carboxylic acids is 1. The molecule has 21 heavy (non-hydrogen) atoms. The molecule has 1 aromatic carbocycles. The van der Waals surface area contributed by atoms with E-state index < -0.39 is 10.9 Å². The Hall–Kier alpha value is -2.90. The Bertz CT molecular complexity index is 708. The summed E-state index contributed by atoms with van der Waals surface area (Å²) in [5, 5.41) is 27.1. The van der Waals surface area contributed by atoms with Gasteiger partial charge >= 0.3 is 5.97 Å². The first-order chi connectivity index (χ1) is 9.92. The van der Waals surface area contributed by atoms with Crippen molar-refractivity contribution in [2.45, 2.75) is 20.4 Å². The molecule has 2 rings (SSSR count). The fraction of sp³-hybridized carbons (Fsp3) is 0.231. The van der Waals surface area contributed by atoms with Crippen LogP contribution in [-0.2, 0) is 6.54 Å². The Kier molecular flexibility index (Phi) is 3.88. The monoisotopic (exact) mass is 290 g/mol. The predicted molar refractivity (Wildman–Crippen MR) is 76.0 cm³/mol. The number of anilines is 2. The van der Waals surface area contributed by atoms with Gasteiger partial charge in [0.05, 0.1) is 27.9 Å². The Morgan fingerprint density at radius 2 is 2.24 bits per heavy atom. The van der Waals surface area contributed by atoms with Crippen molar-refractivity contribution >= 4 is 23.0 Å². The molecule has 0 amide bonds. The zero-order valence-electron chi connectivity index (χ0n) is 11.5. The number of hydrogen-bond donors (Lipinski definition) is 2. The van der Waals surface area contributed by atoms with Crippen LogP contribution in [0.5, 0.6) is 0 Å². The zero-order chi connectivity index (χ0) is 15.6. The van der Waals surface area contributed by atoms with Crippen molar-refractivity contribution in [3.63, 3.8) is 0 Å². The summed E-state index contributed by atoms with van der Waals surface area (Å²) in [4.78, 5) is 21.5. The molecule has 0 fully saturated rings. The number of nitro groups is 1. The molecule has 1 aromatic heterocycles. The zero-order valence-corrected chi connectivity index (χ0v) is 11.5. The fourth-order valence-electron chi connectivity index (χ4n) is 1.90. The normalized spacial score (nSPS) is 10.4. The van der Waals surface area contributed by atoms with Gasteiger partial charge in [-0.1, -0.05) is 0 Å². The number of nitrogens with zero attached hydrogens (tertiary/aromatic N) is 3. The minimum absolute atomic E-state index is 0.141. The summed E-state index contributed by atoms with van der Waals surface area (Å²) in [6.45, 7) is 4.18. The van der Waals surface area contributed by atoms with E-state index in [9.17, 15) is 14.9 Å². The number of aromatic carboxylic acids is 1. The first-order valence-corrected chi connectivity index (χ1v) is 6.24. The highest BCUT2D eigenvalue weighted by Crippen LogP contribution is 2.30. The number of benzene rings is 1. The van der Waals surface area contributed by atoms with E-state index in [1.54, 1.807) is 24.0 Å². The molecule has 0 atom stereocenters. The summed E-state index contributed by atoms with van der Waals surface area (Å²) >= 11 is 0. The standard InChI is InChI=1S/C13H14N4O4/c1-3-16-7-10(6-14-16)15-11-4-9(13(18)19)5-12(8(11)2)17(20)21/h4-7,15H,3H2,1-2H3,(H,18,19). The van der Waals surface area contributed by atoms with E-state index in [2.05, 4.69) is 10.4 Å². The Labute approximate surface area is 120 Å². The van der Waals surface area contributed by atoms with Crippen LogP contribution in [0.1, 0.15) is 22.8 Å². The average Bonchev–Trinajstić information content (AvgIpc) is 2.88. The number of nitro benzene ring substituents is 1. The third-order valence-electron chi connectivity index (χ3n) is 3.06. The summed E-state index contributed by atoms with van der Waals surface area (Å²) in [5.74, 6) is -1.22. The highest BCUT2D eigenvalue weighted by molar-refractivity contribution is 5.91. The molecule has 8 nitrogen and oxygen atoms in total. The van der Waals surface area contributed by atoms with Crippen molar-refractivity contribution in [3.8, 4) is 0 Å². The van der Waals surface area contributed by atoms with Crippen LogP contribution >= 0.6 is 0 Å². The molecule has 2 aromatic rings. The number of aromatic nitrogens is 2. The van der Waals surface area contributed by atoms with Crippen molar-refractivity contribution in [2.24, 2.45) is 0 Å². The van der Waals surface area contributed by atoms with Gasteiger partial charge in [0, 0.05) is 24.5 Å². The maximum atomic E-state index is 11.1. The molecule has 0 aliphatic rings. The van der Waals surface area contributed by atoms with Gasteiger partial charge in [0.1, 0.15) is 0 Å². The number of hydrogen-bond acceptors (Lipinski definition) is 5. The minimum atomic E-state index is -1.22. The minimum Gasteiger partial charge on any atom is -0.478 e. The van der Waals surface area contributed by atoms with E-state index in [0.717, 1.165) is 6.07 Å². The van der Waals surface area contributed by atoms with Crippen LogP contribution in [0, 0.1) is 17.0 Å². The summed E-state index contributed by atoms with van der Waals surface area (Å²) < 4.78 is 1.69. The van der Waals surface area contributed by atoms with Crippen LogP contribution in [0.25, 0.3) is 0 Å². The van der Waals surface area contributed by atoms with E-state index in [1.807, 2.05) is 6.92 Å². The Morgan fingerprint density at radius 1 is 1.52 bits per heavy atom. The number of nitrogens with one attached hydrogen (secondary N) is 1. The highest BCUT2D eigenvalue weighted by atomic mass is 16.6. The van der Waals surface area contributed by atoms with E-state index >= 15 is 0 Å². The van der Waals surface area contributed by atoms with Crippen molar-refractivity contribution in [1.29, 1.82) is 0 Å². The molecule has 0 aliphatic carbocycles. The van der Waals surface area contributed by atoms with Gasteiger partial charge in [0.25, 0.3) is 5.69 Å². The number of carbonyl (C=O) groups is 1. The largest absolute Gasteiger partial charge is 0.478 e. The van der Waals surface area contributed by atoms with Crippen molar-refractivity contribution < 1.29 is 14.8 Å². The summed E-state index contributed by atoms with van der Waals surface area (Å²) in [6, 6.07) is 2.42. The van der Waals surface area contributed by atoms with Gasteiger partial charge < -0.3 is 10.4 Å². The Morgan fingerprint density at radius 3 is 2.76 bits per heavy atom. The van der Waals surface area contributed by atoms with E-state index in [-0.39, 0.29) is 11.3 Å². The van der Waals surface area contributed by atoms with E-state index in [0.29, 0.717) is 23.5 Å². The molecule has 110 valence electrons. The molecule has 0 radical (unpaired) electrons. The van der Waals surface area contributed by atoms with Gasteiger partial charge in [-0.25, -0.2) is 4.79 Å². The average molecular weight is 290 g/mol. The third kappa shape index (κ3) is 2.99. The lowest BCUT2D eigenvalue weighted by Crippen LogP contribution is -2.03. The first-order valence-electron chi connectivity index (χ1n) is 6.24. The molecule has 0 saturated carbocycles. The van der Waals surface area contributed by atoms with Gasteiger partial charge in [-0.3, -0.25) is 14.8 Å². The molecule has 1 heterocycles. The van der Waals surface area contributed by atoms with Crippen LogP contribution in [0.15, 0.2) is 24.5 Å². The first kappa shape index (κ1) is 14.5. The molecule has 0 bridgehead atoms. The molecule has 0 unspecified atom stereocenters. The van der Waals surface area contributed by atoms with Crippen LogP contribution < -0.4 is 5.32 Å². The van der Waals surface area contributed by atoms with Crippen molar-refractivity contribution in [1.82, 2.24) is 9.78 Å². The molecule has 0 aliphatic heterocycles. The lowest BCUT2D eigenvalue weighted by atomic mass is 10.1. The van der Waals surface area contributed by atoms with Gasteiger partial charge in [0.15, 0.2) is 0 Å². The second-order valence-electron chi connectivity index (χ2n) is 4.44. The lowest BCUT2D eigenvalue weighted by Gasteiger charge is -2.09. The second-order valence-corrected chi connectivity index (χ2v) is 4.44. The van der Waals surface area contributed by atoms with Crippen molar-refractivity contribution in [3.05, 3.63) is 45.8 Å². The number of rotatable bonds is 5. The van der Waals surface area contributed by atoms with E-state index in [1.165, 1.54) is 6.07 Å². The molecule has 0 saturated heterocycles. The molecular formula is C13H14N4O4. The molecule has 2 N–H and O–H groups in total.